The van der Waals surface area contributed by atoms with Gasteiger partial charge in [0.15, 0.2) is 5.82 Å². The molecular formula is C14H20N4O. The van der Waals surface area contributed by atoms with Crippen LogP contribution in [0.15, 0.2) is 24.3 Å². The number of benzene rings is 1. The van der Waals surface area contributed by atoms with Crippen molar-refractivity contribution in [3.63, 3.8) is 0 Å². The lowest BCUT2D eigenvalue weighted by atomic mass is 10.2. The number of rotatable bonds is 4. The molecule has 0 bridgehead atoms. The van der Waals surface area contributed by atoms with Gasteiger partial charge in [-0.05, 0) is 49.8 Å². The molecule has 102 valence electrons. The summed E-state index contributed by atoms with van der Waals surface area (Å²) in [5.74, 6) is 1.65. The molecule has 1 aromatic carbocycles. The molecule has 0 saturated carbocycles. The summed E-state index contributed by atoms with van der Waals surface area (Å²) in [6.07, 6.45) is 1.85. The van der Waals surface area contributed by atoms with E-state index >= 15 is 0 Å². The van der Waals surface area contributed by atoms with Crippen molar-refractivity contribution in [3.8, 4) is 11.4 Å². The standard InChI is InChI=1S/C14H20N4O/c1-5-8-13-15-16-17-18(13)11-9-6-7-10-12(11)19-14(2,3)4/h6-7,9-10H,5,8H2,1-4H3. The first-order chi connectivity index (χ1) is 9.01. The summed E-state index contributed by atoms with van der Waals surface area (Å²) >= 11 is 0. The van der Waals surface area contributed by atoms with E-state index in [0.717, 1.165) is 30.1 Å². The van der Waals surface area contributed by atoms with Crippen molar-refractivity contribution in [3.05, 3.63) is 30.1 Å². The summed E-state index contributed by atoms with van der Waals surface area (Å²) in [5.41, 5.74) is 0.626. The molecule has 19 heavy (non-hydrogen) atoms. The lowest BCUT2D eigenvalue weighted by Gasteiger charge is -2.23. The maximum absolute atomic E-state index is 5.97. The number of hydrogen-bond acceptors (Lipinski definition) is 4. The van der Waals surface area contributed by atoms with E-state index in [0.29, 0.717) is 0 Å². The molecule has 0 aliphatic carbocycles. The molecule has 0 N–H and O–H groups in total. The van der Waals surface area contributed by atoms with Gasteiger partial charge in [0.2, 0.25) is 0 Å². The highest BCUT2D eigenvalue weighted by molar-refractivity contribution is 5.46. The third-order valence-electron chi connectivity index (χ3n) is 2.52. The third-order valence-corrected chi connectivity index (χ3v) is 2.52. The predicted octanol–water partition coefficient (Wildman–Crippen LogP) is 2.79. The molecule has 0 aliphatic heterocycles. The number of aromatic nitrogens is 4. The van der Waals surface area contributed by atoms with E-state index in [9.17, 15) is 0 Å². The fourth-order valence-electron chi connectivity index (χ4n) is 1.82. The van der Waals surface area contributed by atoms with Gasteiger partial charge in [0.05, 0.1) is 0 Å². The van der Waals surface area contributed by atoms with Crippen LogP contribution in [0, 0.1) is 0 Å². The van der Waals surface area contributed by atoms with Crippen LogP contribution < -0.4 is 4.74 Å². The van der Waals surface area contributed by atoms with Crippen LogP contribution >= 0.6 is 0 Å². The number of ether oxygens (including phenoxy) is 1. The quantitative estimate of drug-likeness (QED) is 0.848. The third kappa shape index (κ3) is 3.30. The van der Waals surface area contributed by atoms with Crippen molar-refractivity contribution in [1.29, 1.82) is 0 Å². The summed E-state index contributed by atoms with van der Waals surface area (Å²) in [4.78, 5) is 0. The highest BCUT2D eigenvalue weighted by Gasteiger charge is 2.17. The van der Waals surface area contributed by atoms with Crippen LogP contribution in [0.1, 0.15) is 39.9 Å². The zero-order chi connectivity index (χ0) is 13.9. The zero-order valence-electron chi connectivity index (χ0n) is 11.9. The normalized spacial score (nSPS) is 11.6. The van der Waals surface area contributed by atoms with Crippen LogP contribution in [0.4, 0.5) is 0 Å². The molecule has 2 aromatic rings. The molecule has 0 radical (unpaired) electrons. The summed E-state index contributed by atoms with van der Waals surface area (Å²) in [6, 6.07) is 7.82. The van der Waals surface area contributed by atoms with E-state index in [-0.39, 0.29) is 5.60 Å². The first-order valence-electron chi connectivity index (χ1n) is 6.57. The number of hydrogen-bond donors (Lipinski definition) is 0. The van der Waals surface area contributed by atoms with E-state index in [1.807, 2.05) is 45.0 Å². The Morgan fingerprint density at radius 3 is 2.63 bits per heavy atom. The number of aryl methyl sites for hydroxylation is 1. The van der Waals surface area contributed by atoms with Crippen molar-refractivity contribution in [2.75, 3.05) is 0 Å². The number of para-hydroxylation sites is 2. The average molecular weight is 260 g/mol. The molecule has 0 aliphatic rings. The van der Waals surface area contributed by atoms with Crippen LogP contribution in [0.2, 0.25) is 0 Å². The Morgan fingerprint density at radius 1 is 1.21 bits per heavy atom. The fraction of sp³-hybridized carbons (Fsp3) is 0.500. The molecule has 1 heterocycles. The van der Waals surface area contributed by atoms with Gasteiger partial charge in [0.1, 0.15) is 17.0 Å². The van der Waals surface area contributed by atoms with E-state index < -0.39 is 0 Å². The van der Waals surface area contributed by atoms with Gasteiger partial charge >= 0.3 is 0 Å². The highest BCUT2D eigenvalue weighted by atomic mass is 16.5. The van der Waals surface area contributed by atoms with Gasteiger partial charge in [-0.3, -0.25) is 0 Å². The van der Waals surface area contributed by atoms with Crippen LogP contribution in [0.25, 0.3) is 5.69 Å². The van der Waals surface area contributed by atoms with Crippen LogP contribution in [-0.4, -0.2) is 25.8 Å². The van der Waals surface area contributed by atoms with Crippen molar-refractivity contribution >= 4 is 0 Å². The van der Waals surface area contributed by atoms with Gasteiger partial charge in [-0.2, -0.15) is 4.68 Å². The second kappa shape index (κ2) is 5.38. The molecule has 0 atom stereocenters. The van der Waals surface area contributed by atoms with Gasteiger partial charge in [-0.15, -0.1) is 5.10 Å². The Kier molecular flexibility index (Phi) is 3.83. The van der Waals surface area contributed by atoms with Crippen molar-refractivity contribution < 1.29 is 4.74 Å². The van der Waals surface area contributed by atoms with Crippen LogP contribution in [0.3, 0.4) is 0 Å². The second-order valence-electron chi connectivity index (χ2n) is 5.44. The minimum absolute atomic E-state index is 0.255. The van der Waals surface area contributed by atoms with Gasteiger partial charge in [0, 0.05) is 6.42 Å². The first-order valence-corrected chi connectivity index (χ1v) is 6.57. The molecule has 0 saturated heterocycles. The van der Waals surface area contributed by atoms with Crippen LogP contribution in [0.5, 0.6) is 5.75 Å². The first kappa shape index (κ1) is 13.5. The minimum atomic E-state index is -0.255. The molecule has 5 nitrogen and oxygen atoms in total. The topological polar surface area (TPSA) is 52.8 Å². The number of tetrazole rings is 1. The highest BCUT2D eigenvalue weighted by Crippen LogP contribution is 2.26. The summed E-state index contributed by atoms with van der Waals surface area (Å²) in [6.45, 7) is 8.18. The molecular weight excluding hydrogens is 240 g/mol. The van der Waals surface area contributed by atoms with Crippen LogP contribution in [-0.2, 0) is 6.42 Å². The van der Waals surface area contributed by atoms with E-state index in [2.05, 4.69) is 22.4 Å². The van der Waals surface area contributed by atoms with Crippen molar-refractivity contribution in [1.82, 2.24) is 20.2 Å². The molecule has 0 amide bonds. The van der Waals surface area contributed by atoms with E-state index in [1.165, 1.54) is 0 Å². The second-order valence-corrected chi connectivity index (χ2v) is 5.44. The van der Waals surface area contributed by atoms with Gasteiger partial charge in [-0.25, -0.2) is 0 Å². The lowest BCUT2D eigenvalue weighted by molar-refractivity contribution is 0.130. The Labute approximate surface area is 113 Å². The SMILES string of the molecule is CCCc1nnnn1-c1ccccc1OC(C)(C)C. The maximum Gasteiger partial charge on any atom is 0.156 e. The van der Waals surface area contributed by atoms with Gasteiger partial charge < -0.3 is 4.74 Å². The Balaban J connectivity index is 2.41. The Hall–Kier alpha value is -1.91. The molecule has 0 fully saturated rings. The molecule has 0 unspecified atom stereocenters. The monoisotopic (exact) mass is 260 g/mol. The van der Waals surface area contributed by atoms with Crippen molar-refractivity contribution in [2.45, 2.75) is 46.1 Å². The molecule has 5 heteroatoms. The van der Waals surface area contributed by atoms with Crippen molar-refractivity contribution in [2.24, 2.45) is 0 Å². The molecule has 1 aromatic heterocycles. The van der Waals surface area contributed by atoms with Gasteiger partial charge in [-0.1, -0.05) is 19.1 Å². The molecule has 0 spiro atoms. The van der Waals surface area contributed by atoms with E-state index in [4.69, 9.17) is 4.74 Å². The smallest absolute Gasteiger partial charge is 0.156 e. The predicted molar refractivity (Wildman–Crippen MR) is 73.5 cm³/mol. The Morgan fingerprint density at radius 2 is 1.95 bits per heavy atom. The summed E-state index contributed by atoms with van der Waals surface area (Å²) < 4.78 is 7.73. The largest absolute Gasteiger partial charge is 0.486 e. The Bertz CT molecular complexity index is 542. The lowest BCUT2D eigenvalue weighted by Crippen LogP contribution is -2.24. The minimum Gasteiger partial charge on any atom is -0.486 e. The fourth-order valence-corrected chi connectivity index (χ4v) is 1.82. The maximum atomic E-state index is 5.97. The average Bonchev–Trinajstić information content (AvgIpc) is 2.76. The number of nitrogens with zero attached hydrogens (tertiary/aromatic N) is 4. The summed E-state index contributed by atoms with van der Waals surface area (Å²) in [5, 5.41) is 11.9. The zero-order valence-corrected chi connectivity index (χ0v) is 11.9. The summed E-state index contributed by atoms with van der Waals surface area (Å²) in [7, 11) is 0. The molecule has 2 rings (SSSR count). The van der Waals surface area contributed by atoms with Gasteiger partial charge in [0.25, 0.3) is 0 Å². The van der Waals surface area contributed by atoms with E-state index in [1.54, 1.807) is 4.68 Å².